The molecule has 2 aromatic carbocycles. The Kier molecular flexibility index (Phi) is 6.17. The van der Waals surface area contributed by atoms with Crippen LogP contribution < -0.4 is 15.4 Å². The Labute approximate surface area is 180 Å². The highest BCUT2D eigenvalue weighted by Crippen LogP contribution is 2.47. The molecule has 1 heterocycles. The molecular formula is C25H24N2O4. The smallest absolute Gasteiger partial charge is 0.262 e. The van der Waals surface area contributed by atoms with Gasteiger partial charge in [0.25, 0.3) is 5.91 Å². The first kappa shape index (κ1) is 20.5. The van der Waals surface area contributed by atoms with Crippen molar-refractivity contribution in [3.63, 3.8) is 0 Å². The van der Waals surface area contributed by atoms with Gasteiger partial charge in [-0.2, -0.15) is 0 Å². The SMILES string of the molecule is CC1CC1c1ccc(C=CC(=O)Nc2cccc(OCC(=O)Nc3ccccc3)c2)o1. The molecule has 0 saturated heterocycles. The maximum Gasteiger partial charge on any atom is 0.262 e. The van der Waals surface area contributed by atoms with Crippen molar-refractivity contribution in [3.05, 3.63) is 84.3 Å². The Morgan fingerprint density at radius 2 is 1.81 bits per heavy atom. The van der Waals surface area contributed by atoms with Crippen molar-refractivity contribution in [1.29, 1.82) is 0 Å². The fraction of sp³-hybridized carbons (Fsp3) is 0.200. The third-order valence-corrected chi connectivity index (χ3v) is 5.05. The van der Waals surface area contributed by atoms with Crippen LogP contribution in [-0.2, 0) is 9.59 Å². The van der Waals surface area contributed by atoms with Crippen molar-refractivity contribution < 1.29 is 18.7 Å². The number of anilines is 2. The van der Waals surface area contributed by atoms with Crippen molar-refractivity contribution >= 4 is 29.3 Å². The van der Waals surface area contributed by atoms with Gasteiger partial charge in [0, 0.05) is 29.4 Å². The molecule has 0 aliphatic heterocycles. The molecule has 4 rings (SSSR count). The first-order valence-corrected chi connectivity index (χ1v) is 10.2. The minimum Gasteiger partial charge on any atom is -0.484 e. The van der Waals surface area contributed by atoms with Crippen LogP contribution in [0.15, 0.2) is 77.2 Å². The van der Waals surface area contributed by atoms with Crippen molar-refractivity contribution in [2.45, 2.75) is 19.3 Å². The summed E-state index contributed by atoms with van der Waals surface area (Å²) >= 11 is 0. The Morgan fingerprint density at radius 3 is 2.58 bits per heavy atom. The lowest BCUT2D eigenvalue weighted by molar-refractivity contribution is -0.118. The Bertz CT molecular complexity index is 1090. The highest BCUT2D eigenvalue weighted by molar-refractivity contribution is 6.01. The van der Waals surface area contributed by atoms with Crippen LogP contribution in [0.25, 0.3) is 6.08 Å². The zero-order valence-electron chi connectivity index (χ0n) is 17.2. The van der Waals surface area contributed by atoms with Gasteiger partial charge in [0.2, 0.25) is 5.91 Å². The molecule has 31 heavy (non-hydrogen) atoms. The summed E-state index contributed by atoms with van der Waals surface area (Å²) in [5.41, 5.74) is 1.28. The molecule has 1 aromatic heterocycles. The maximum absolute atomic E-state index is 12.2. The molecule has 158 valence electrons. The number of benzene rings is 2. The van der Waals surface area contributed by atoms with Crippen LogP contribution in [0.3, 0.4) is 0 Å². The van der Waals surface area contributed by atoms with Gasteiger partial charge in [0.1, 0.15) is 17.3 Å². The first-order chi connectivity index (χ1) is 15.1. The number of amides is 2. The second kappa shape index (κ2) is 9.34. The van der Waals surface area contributed by atoms with Gasteiger partial charge in [-0.1, -0.05) is 31.2 Å². The number of hydrogen-bond donors (Lipinski definition) is 2. The first-order valence-electron chi connectivity index (χ1n) is 10.2. The average Bonchev–Trinajstić information content (AvgIpc) is 3.31. The summed E-state index contributed by atoms with van der Waals surface area (Å²) in [5, 5.41) is 5.54. The summed E-state index contributed by atoms with van der Waals surface area (Å²) in [6.45, 7) is 2.07. The molecule has 0 bridgehead atoms. The van der Waals surface area contributed by atoms with E-state index < -0.39 is 0 Å². The van der Waals surface area contributed by atoms with Gasteiger partial charge in [-0.25, -0.2) is 0 Å². The van der Waals surface area contributed by atoms with Gasteiger partial charge < -0.3 is 19.8 Å². The average molecular weight is 416 g/mol. The number of nitrogens with one attached hydrogen (secondary N) is 2. The maximum atomic E-state index is 12.2. The topological polar surface area (TPSA) is 80.6 Å². The second-order valence-corrected chi connectivity index (χ2v) is 7.61. The Hall–Kier alpha value is -3.80. The van der Waals surface area contributed by atoms with Gasteiger partial charge in [-0.15, -0.1) is 0 Å². The lowest BCUT2D eigenvalue weighted by Crippen LogP contribution is -2.20. The van der Waals surface area contributed by atoms with E-state index in [2.05, 4.69) is 17.6 Å². The number of ether oxygens (including phenoxy) is 1. The predicted molar refractivity (Wildman–Crippen MR) is 120 cm³/mol. The molecule has 2 unspecified atom stereocenters. The van der Waals surface area contributed by atoms with Crippen LogP contribution in [-0.4, -0.2) is 18.4 Å². The molecule has 0 radical (unpaired) electrons. The third kappa shape index (κ3) is 5.85. The number of hydrogen-bond acceptors (Lipinski definition) is 4. The zero-order valence-corrected chi connectivity index (χ0v) is 17.2. The van der Waals surface area contributed by atoms with Crippen LogP contribution in [0.5, 0.6) is 5.75 Å². The molecule has 1 fully saturated rings. The molecule has 2 atom stereocenters. The molecule has 1 saturated carbocycles. The molecule has 1 aliphatic rings. The largest absolute Gasteiger partial charge is 0.484 e. The van der Waals surface area contributed by atoms with Gasteiger partial charge >= 0.3 is 0 Å². The van der Waals surface area contributed by atoms with Crippen molar-refractivity contribution in [3.8, 4) is 5.75 Å². The van der Waals surface area contributed by atoms with Crippen LogP contribution in [0.1, 0.15) is 30.8 Å². The summed E-state index contributed by atoms with van der Waals surface area (Å²) in [6, 6.07) is 19.9. The Balaban J connectivity index is 1.27. The molecule has 6 heteroatoms. The van der Waals surface area contributed by atoms with E-state index >= 15 is 0 Å². The number of carbonyl (C=O) groups is 2. The van der Waals surface area contributed by atoms with E-state index in [9.17, 15) is 9.59 Å². The van der Waals surface area contributed by atoms with Gasteiger partial charge in [0.15, 0.2) is 6.61 Å². The van der Waals surface area contributed by atoms with Crippen molar-refractivity contribution in [2.24, 2.45) is 5.92 Å². The predicted octanol–water partition coefficient (Wildman–Crippen LogP) is 5.07. The molecule has 0 spiro atoms. The van der Waals surface area contributed by atoms with E-state index in [-0.39, 0.29) is 18.4 Å². The quantitative estimate of drug-likeness (QED) is 0.502. The molecule has 2 N–H and O–H groups in total. The van der Waals surface area contributed by atoms with Crippen LogP contribution >= 0.6 is 0 Å². The fourth-order valence-electron chi connectivity index (χ4n) is 3.25. The molecular weight excluding hydrogens is 392 g/mol. The standard InChI is InChI=1S/C25H24N2O4/c1-17-14-22(17)23-12-10-20(31-23)11-13-24(28)27-19-8-5-9-21(15-19)30-16-25(29)26-18-6-3-2-4-7-18/h2-13,15,17,22H,14,16H2,1H3,(H,26,29)(H,27,28). The Morgan fingerprint density at radius 1 is 1.03 bits per heavy atom. The van der Waals surface area contributed by atoms with E-state index in [1.54, 1.807) is 42.5 Å². The lowest BCUT2D eigenvalue weighted by Gasteiger charge is -2.09. The van der Waals surface area contributed by atoms with Gasteiger partial charge in [-0.3, -0.25) is 9.59 Å². The van der Waals surface area contributed by atoms with Gasteiger partial charge in [0.05, 0.1) is 0 Å². The lowest BCUT2D eigenvalue weighted by atomic mass is 10.3. The number of carbonyl (C=O) groups excluding carboxylic acids is 2. The van der Waals surface area contributed by atoms with Crippen molar-refractivity contribution in [1.82, 2.24) is 0 Å². The number of para-hydroxylation sites is 1. The molecule has 1 aliphatic carbocycles. The highest BCUT2D eigenvalue weighted by Gasteiger charge is 2.36. The zero-order chi connectivity index (χ0) is 21.6. The second-order valence-electron chi connectivity index (χ2n) is 7.61. The molecule has 2 amide bonds. The minimum atomic E-state index is -0.281. The van der Waals surface area contributed by atoms with Crippen LogP contribution in [0, 0.1) is 5.92 Å². The minimum absolute atomic E-state index is 0.132. The van der Waals surface area contributed by atoms with E-state index in [1.165, 1.54) is 6.08 Å². The van der Waals surface area contributed by atoms with E-state index in [4.69, 9.17) is 9.15 Å². The van der Waals surface area contributed by atoms with Crippen LogP contribution in [0.2, 0.25) is 0 Å². The summed E-state index contributed by atoms with van der Waals surface area (Å²) in [4.78, 5) is 24.2. The van der Waals surface area contributed by atoms with E-state index in [0.29, 0.717) is 34.7 Å². The van der Waals surface area contributed by atoms with Crippen LogP contribution in [0.4, 0.5) is 11.4 Å². The van der Waals surface area contributed by atoms with Gasteiger partial charge in [-0.05, 0) is 54.8 Å². The normalized spacial score (nSPS) is 17.3. The number of furan rings is 1. The molecule has 3 aromatic rings. The third-order valence-electron chi connectivity index (χ3n) is 5.05. The number of rotatable bonds is 8. The molecule has 6 nitrogen and oxygen atoms in total. The van der Waals surface area contributed by atoms with Crippen molar-refractivity contribution in [2.75, 3.05) is 17.2 Å². The summed E-state index contributed by atoms with van der Waals surface area (Å²) in [5.74, 6) is 2.76. The van der Waals surface area contributed by atoms with E-state index in [1.807, 2.05) is 30.3 Å². The van der Waals surface area contributed by atoms with E-state index in [0.717, 1.165) is 12.2 Å². The summed E-state index contributed by atoms with van der Waals surface area (Å²) in [6.07, 6.45) is 4.24. The summed E-state index contributed by atoms with van der Waals surface area (Å²) < 4.78 is 11.3. The fourth-order valence-corrected chi connectivity index (χ4v) is 3.25. The monoisotopic (exact) mass is 416 g/mol. The highest BCUT2D eigenvalue weighted by atomic mass is 16.5. The summed E-state index contributed by atoms with van der Waals surface area (Å²) in [7, 11) is 0.